The smallest absolute Gasteiger partial charge is 0.315 e. The molecule has 2 atom stereocenters. The summed E-state index contributed by atoms with van der Waals surface area (Å²) in [5.74, 6) is 0.564. The summed E-state index contributed by atoms with van der Waals surface area (Å²) in [6.45, 7) is 4.24. The monoisotopic (exact) mass is 341 g/mol. The number of hydrogen-bond donors (Lipinski definition) is 3. The van der Waals surface area contributed by atoms with E-state index in [0.29, 0.717) is 18.8 Å². The van der Waals surface area contributed by atoms with Gasteiger partial charge in [-0.25, -0.2) is 9.78 Å². The number of rotatable bonds is 5. The summed E-state index contributed by atoms with van der Waals surface area (Å²) in [5.41, 5.74) is 2.92. The molecule has 0 unspecified atom stereocenters. The molecule has 2 amide bonds. The van der Waals surface area contributed by atoms with Gasteiger partial charge in [-0.1, -0.05) is 30.3 Å². The highest BCUT2D eigenvalue weighted by Gasteiger charge is 2.31. The topological polar surface area (TPSA) is 83.5 Å². The summed E-state index contributed by atoms with van der Waals surface area (Å²) >= 11 is 0. The average molecular weight is 341 g/mol. The maximum Gasteiger partial charge on any atom is 0.315 e. The molecule has 132 valence electrons. The predicted molar refractivity (Wildman–Crippen MR) is 94.3 cm³/mol. The summed E-state index contributed by atoms with van der Waals surface area (Å²) in [4.78, 5) is 16.4. The Bertz CT molecular complexity index is 731. The lowest BCUT2D eigenvalue weighted by molar-refractivity contribution is 0.142. The van der Waals surface area contributed by atoms with Crippen LogP contribution in [0.15, 0.2) is 42.6 Å². The fourth-order valence-electron chi connectivity index (χ4n) is 2.95. The molecule has 0 fully saturated rings. The zero-order valence-corrected chi connectivity index (χ0v) is 14.4. The Labute approximate surface area is 147 Å². The van der Waals surface area contributed by atoms with Crippen molar-refractivity contribution in [1.29, 1.82) is 0 Å². The predicted octanol–water partition coefficient (Wildman–Crippen LogP) is 2.33. The van der Waals surface area contributed by atoms with E-state index in [1.807, 2.05) is 44.2 Å². The Kier molecular flexibility index (Phi) is 5.19. The molecule has 0 bridgehead atoms. The number of nitrogens with one attached hydrogen (secondary N) is 2. The second kappa shape index (κ2) is 7.53. The van der Waals surface area contributed by atoms with Crippen LogP contribution in [0.2, 0.25) is 0 Å². The Balaban J connectivity index is 1.53. The van der Waals surface area contributed by atoms with E-state index in [1.165, 1.54) is 0 Å². The standard InChI is InChI=1S/C19H23N3O3/c1-12(2)25-17-8-7-13(10-20-17)11-21-19(24)22-18-15-6-4-3-5-14(15)9-16(18)23/h3-8,10,12,16,18,23H,9,11H2,1-2H3,(H2,21,22,24)/t16-,18+/m0/s1. The van der Waals surface area contributed by atoms with Crippen LogP contribution in [0.1, 0.15) is 36.6 Å². The third kappa shape index (κ3) is 4.28. The Hall–Kier alpha value is -2.60. The van der Waals surface area contributed by atoms with Crippen LogP contribution in [0.5, 0.6) is 5.88 Å². The first-order chi connectivity index (χ1) is 12.0. The zero-order valence-electron chi connectivity index (χ0n) is 14.4. The van der Waals surface area contributed by atoms with E-state index < -0.39 is 6.10 Å². The molecule has 6 heteroatoms. The van der Waals surface area contributed by atoms with Gasteiger partial charge in [-0.05, 0) is 30.5 Å². The van der Waals surface area contributed by atoms with Gasteiger partial charge in [-0.15, -0.1) is 0 Å². The SMILES string of the molecule is CC(C)Oc1ccc(CNC(=O)N[C@@H]2c3ccccc3C[C@@H]2O)cn1. The molecule has 0 saturated carbocycles. The molecule has 6 nitrogen and oxygen atoms in total. The largest absolute Gasteiger partial charge is 0.475 e. The normalized spacial score (nSPS) is 18.7. The first-order valence-electron chi connectivity index (χ1n) is 8.44. The highest BCUT2D eigenvalue weighted by molar-refractivity contribution is 5.74. The molecule has 0 saturated heterocycles. The van der Waals surface area contributed by atoms with Crippen LogP contribution in [-0.4, -0.2) is 28.3 Å². The van der Waals surface area contributed by atoms with Crippen molar-refractivity contribution in [2.45, 2.75) is 45.1 Å². The number of hydrogen-bond acceptors (Lipinski definition) is 4. The number of pyridine rings is 1. The molecular formula is C19H23N3O3. The van der Waals surface area contributed by atoms with Gasteiger partial charge in [0.15, 0.2) is 0 Å². The van der Waals surface area contributed by atoms with Crippen LogP contribution >= 0.6 is 0 Å². The molecule has 3 rings (SSSR count). The highest BCUT2D eigenvalue weighted by Crippen LogP contribution is 2.31. The molecule has 0 spiro atoms. The van der Waals surface area contributed by atoms with Gasteiger partial charge in [0, 0.05) is 25.2 Å². The van der Waals surface area contributed by atoms with E-state index in [4.69, 9.17) is 4.74 Å². The van der Waals surface area contributed by atoms with Crippen LogP contribution < -0.4 is 15.4 Å². The van der Waals surface area contributed by atoms with Crippen LogP contribution in [0.25, 0.3) is 0 Å². The number of aliphatic hydroxyl groups is 1. The number of aromatic nitrogens is 1. The zero-order chi connectivity index (χ0) is 17.8. The minimum Gasteiger partial charge on any atom is -0.475 e. The maximum atomic E-state index is 12.2. The highest BCUT2D eigenvalue weighted by atomic mass is 16.5. The molecule has 1 aromatic heterocycles. The van der Waals surface area contributed by atoms with Gasteiger partial charge in [-0.2, -0.15) is 0 Å². The summed E-state index contributed by atoms with van der Waals surface area (Å²) < 4.78 is 5.49. The molecule has 1 heterocycles. The van der Waals surface area contributed by atoms with Crippen molar-refractivity contribution >= 4 is 6.03 Å². The number of ether oxygens (including phenoxy) is 1. The average Bonchev–Trinajstić information content (AvgIpc) is 2.89. The van der Waals surface area contributed by atoms with E-state index in [0.717, 1.165) is 16.7 Å². The van der Waals surface area contributed by atoms with Crippen molar-refractivity contribution in [2.24, 2.45) is 0 Å². The molecule has 0 radical (unpaired) electrons. The lowest BCUT2D eigenvalue weighted by Gasteiger charge is -2.18. The van der Waals surface area contributed by atoms with Crippen molar-refractivity contribution < 1.29 is 14.6 Å². The number of nitrogens with zero attached hydrogens (tertiary/aromatic N) is 1. The molecule has 0 aliphatic heterocycles. The fraction of sp³-hybridized carbons (Fsp3) is 0.368. The van der Waals surface area contributed by atoms with Gasteiger partial charge in [-0.3, -0.25) is 0 Å². The van der Waals surface area contributed by atoms with Crippen molar-refractivity contribution in [3.8, 4) is 5.88 Å². The van der Waals surface area contributed by atoms with E-state index in [2.05, 4.69) is 15.6 Å². The van der Waals surface area contributed by atoms with Crippen molar-refractivity contribution in [3.05, 3.63) is 59.3 Å². The summed E-state index contributed by atoms with van der Waals surface area (Å²) in [6, 6.07) is 10.7. The number of aliphatic hydroxyl groups excluding tert-OH is 1. The first-order valence-corrected chi connectivity index (χ1v) is 8.44. The molecule has 1 aliphatic carbocycles. The van der Waals surface area contributed by atoms with Gasteiger partial charge in [0.1, 0.15) is 0 Å². The van der Waals surface area contributed by atoms with Crippen LogP contribution in [-0.2, 0) is 13.0 Å². The minimum atomic E-state index is -0.600. The van der Waals surface area contributed by atoms with Crippen LogP contribution in [0.3, 0.4) is 0 Å². The Morgan fingerprint density at radius 2 is 2.12 bits per heavy atom. The quantitative estimate of drug-likeness (QED) is 0.779. The number of fused-ring (bicyclic) bond motifs is 1. The van der Waals surface area contributed by atoms with Gasteiger partial charge < -0.3 is 20.5 Å². The second-order valence-electron chi connectivity index (χ2n) is 6.45. The van der Waals surface area contributed by atoms with Crippen LogP contribution in [0.4, 0.5) is 4.79 Å². The Morgan fingerprint density at radius 3 is 2.84 bits per heavy atom. The number of benzene rings is 1. The Morgan fingerprint density at radius 1 is 1.32 bits per heavy atom. The van der Waals surface area contributed by atoms with Gasteiger partial charge in [0.25, 0.3) is 0 Å². The fourth-order valence-corrected chi connectivity index (χ4v) is 2.95. The third-order valence-corrected chi connectivity index (χ3v) is 4.10. The lowest BCUT2D eigenvalue weighted by Crippen LogP contribution is -2.40. The summed E-state index contributed by atoms with van der Waals surface area (Å²) in [7, 11) is 0. The van der Waals surface area contributed by atoms with E-state index in [9.17, 15) is 9.90 Å². The number of carbonyl (C=O) groups is 1. The van der Waals surface area contributed by atoms with Gasteiger partial charge in [0.05, 0.1) is 18.2 Å². The van der Waals surface area contributed by atoms with E-state index >= 15 is 0 Å². The van der Waals surface area contributed by atoms with Crippen molar-refractivity contribution in [1.82, 2.24) is 15.6 Å². The van der Waals surface area contributed by atoms with E-state index in [-0.39, 0.29) is 18.2 Å². The lowest BCUT2D eigenvalue weighted by atomic mass is 10.1. The first kappa shape index (κ1) is 17.2. The maximum absolute atomic E-state index is 12.2. The molecule has 1 aromatic carbocycles. The minimum absolute atomic E-state index is 0.0722. The summed E-state index contributed by atoms with van der Waals surface area (Å²) in [6.07, 6.45) is 1.71. The van der Waals surface area contributed by atoms with Gasteiger partial charge in [0.2, 0.25) is 5.88 Å². The van der Waals surface area contributed by atoms with E-state index in [1.54, 1.807) is 12.3 Å². The number of carbonyl (C=O) groups excluding carboxylic acids is 1. The van der Waals surface area contributed by atoms with Crippen molar-refractivity contribution in [2.75, 3.05) is 0 Å². The van der Waals surface area contributed by atoms with Gasteiger partial charge >= 0.3 is 6.03 Å². The molecule has 2 aromatic rings. The van der Waals surface area contributed by atoms with Crippen molar-refractivity contribution in [3.63, 3.8) is 0 Å². The number of urea groups is 1. The summed E-state index contributed by atoms with van der Waals surface area (Å²) in [5, 5.41) is 15.8. The van der Waals surface area contributed by atoms with Crippen LogP contribution in [0, 0.1) is 0 Å². The second-order valence-corrected chi connectivity index (χ2v) is 6.45. The third-order valence-electron chi connectivity index (χ3n) is 4.10. The number of amides is 2. The molecule has 1 aliphatic rings. The molecular weight excluding hydrogens is 318 g/mol. The molecule has 25 heavy (non-hydrogen) atoms. The molecule has 3 N–H and O–H groups in total.